The number of aryl methyl sites for hydroxylation is 1. The topological polar surface area (TPSA) is 45.5 Å². The zero-order chi connectivity index (χ0) is 14.1. The first-order valence-electron chi connectivity index (χ1n) is 6.92. The molecule has 0 bridgehead atoms. The molecule has 1 N–H and O–H groups in total. The van der Waals surface area contributed by atoms with Crippen molar-refractivity contribution in [2.75, 3.05) is 11.9 Å². The van der Waals surface area contributed by atoms with Gasteiger partial charge in [-0.25, -0.2) is 0 Å². The first-order chi connectivity index (χ1) is 9.66. The lowest BCUT2D eigenvalue weighted by molar-refractivity contribution is 0.0991. The van der Waals surface area contributed by atoms with Crippen LogP contribution in [0.15, 0.2) is 36.5 Å². The third-order valence-corrected chi connectivity index (χ3v) is 3.91. The van der Waals surface area contributed by atoms with Gasteiger partial charge in [0.25, 0.3) is 5.91 Å². The van der Waals surface area contributed by atoms with Crippen molar-refractivity contribution in [2.45, 2.75) is 25.8 Å². The quantitative estimate of drug-likeness (QED) is 0.912. The van der Waals surface area contributed by atoms with E-state index in [2.05, 4.69) is 4.57 Å². The summed E-state index contributed by atoms with van der Waals surface area (Å²) in [7, 11) is 1.77. The van der Waals surface area contributed by atoms with Crippen molar-refractivity contribution in [2.24, 2.45) is 0 Å². The van der Waals surface area contributed by atoms with E-state index in [-0.39, 0.29) is 11.7 Å². The van der Waals surface area contributed by atoms with Gasteiger partial charge < -0.3 is 14.6 Å². The summed E-state index contributed by atoms with van der Waals surface area (Å²) < 4.78 is 2.18. The van der Waals surface area contributed by atoms with E-state index in [4.69, 9.17) is 0 Å². The SMILES string of the molecule is CN(C(=O)c1ccn2c1CCCC2)c1ccc(O)cc1. The molecule has 1 aliphatic rings. The third kappa shape index (κ3) is 2.18. The number of hydrogen-bond donors (Lipinski definition) is 1. The number of benzene rings is 1. The number of aromatic hydroxyl groups is 1. The molecule has 1 aliphatic heterocycles. The van der Waals surface area contributed by atoms with Gasteiger partial charge in [-0.2, -0.15) is 0 Å². The van der Waals surface area contributed by atoms with Gasteiger partial charge in [-0.3, -0.25) is 4.79 Å². The first kappa shape index (κ1) is 12.8. The Kier molecular flexibility index (Phi) is 3.22. The summed E-state index contributed by atoms with van der Waals surface area (Å²) in [6, 6.07) is 8.59. The van der Waals surface area contributed by atoms with Gasteiger partial charge >= 0.3 is 0 Å². The zero-order valence-electron chi connectivity index (χ0n) is 11.5. The molecule has 4 nitrogen and oxygen atoms in total. The maximum absolute atomic E-state index is 12.6. The van der Waals surface area contributed by atoms with Crippen molar-refractivity contribution in [1.29, 1.82) is 0 Å². The number of amides is 1. The number of anilines is 1. The number of carbonyl (C=O) groups excluding carboxylic acids is 1. The van der Waals surface area contributed by atoms with Crippen LogP contribution in [0.5, 0.6) is 5.75 Å². The van der Waals surface area contributed by atoms with Gasteiger partial charge in [0.1, 0.15) is 5.75 Å². The van der Waals surface area contributed by atoms with E-state index in [1.54, 1.807) is 36.2 Å². The molecule has 4 heteroatoms. The molecule has 0 radical (unpaired) electrons. The van der Waals surface area contributed by atoms with Gasteiger partial charge in [-0.1, -0.05) is 0 Å². The van der Waals surface area contributed by atoms with E-state index in [0.29, 0.717) is 0 Å². The zero-order valence-corrected chi connectivity index (χ0v) is 11.5. The van der Waals surface area contributed by atoms with Crippen LogP contribution in [0.4, 0.5) is 5.69 Å². The molecule has 0 unspecified atom stereocenters. The Labute approximate surface area is 118 Å². The van der Waals surface area contributed by atoms with E-state index >= 15 is 0 Å². The molecule has 3 rings (SSSR count). The predicted octanol–water partition coefficient (Wildman–Crippen LogP) is 2.81. The average molecular weight is 270 g/mol. The molecule has 0 saturated carbocycles. The van der Waals surface area contributed by atoms with Gasteiger partial charge in [0.05, 0.1) is 5.56 Å². The van der Waals surface area contributed by atoms with Crippen LogP contribution in [0.25, 0.3) is 0 Å². The molecule has 104 valence electrons. The number of hydrogen-bond acceptors (Lipinski definition) is 2. The van der Waals surface area contributed by atoms with Crippen LogP contribution in [0.3, 0.4) is 0 Å². The Morgan fingerprint density at radius 3 is 2.70 bits per heavy atom. The second-order valence-electron chi connectivity index (χ2n) is 5.21. The van der Waals surface area contributed by atoms with Gasteiger partial charge in [-0.05, 0) is 49.6 Å². The van der Waals surface area contributed by atoms with Crippen molar-refractivity contribution in [3.8, 4) is 5.75 Å². The fourth-order valence-electron chi connectivity index (χ4n) is 2.74. The smallest absolute Gasteiger partial charge is 0.259 e. The predicted molar refractivity (Wildman–Crippen MR) is 78.2 cm³/mol. The first-order valence-corrected chi connectivity index (χ1v) is 6.92. The fraction of sp³-hybridized carbons (Fsp3) is 0.312. The highest BCUT2D eigenvalue weighted by Crippen LogP contribution is 2.24. The lowest BCUT2D eigenvalue weighted by atomic mass is 10.1. The van der Waals surface area contributed by atoms with Crippen molar-refractivity contribution in [3.05, 3.63) is 47.8 Å². The molecule has 0 spiro atoms. The molecular formula is C16H18N2O2. The monoisotopic (exact) mass is 270 g/mol. The van der Waals surface area contributed by atoms with E-state index < -0.39 is 0 Å². The molecule has 20 heavy (non-hydrogen) atoms. The van der Waals surface area contributed by atoms with Crippen molar-refractivity contribution >= 4 is 11.6 Å². The second kappa shape index (κ2) is 5.04. The Morgan fingerprint density at radius 2 is 1.95 bits per heavy atom. The number of rotatable bonds is 2. The maximum Gasteiger partial charge on any atom is 0.259 e. The van der Waals surface area contributed by atoms with Crippen molar-refractivity contribution < 1.29 is 9.90 Å². The highest BCUT2D eigenvalue weighted by molar-refractivity contribution is 6.06. The van der Waals surface area contributed by atoms with Crippen LogP contribution < -0.4 is 4.90 Å². The highest BCUT2D eigenvalue weighted by atomic mass is 16.3. The second-order valence-corrected chi connectivity index (χ2v) is 5.21. The number of carbonyl (C=O) groups is 1. The van der Waals surface area contributed by atoms with Crippen LogP contribution in [0, 0.1) is 0 Å². The van der Waals surface area contributed by atoms with Crippen LogP contribution in [0.2, 0.25) is 0 Å². The summed E-state index contributed by atoms with van der Waals surface area (Å²) in [5.41, 5.74) is 2.72. The van der Waals surface area contributed by atoms with E-state index in [1.165, 1.54) is 6.42 Å². The third-order valence-electron chi connectivity index (χ3n) is 3.91. The normalized spacial score (nSPS) is 13.8. The lowest BCUT2D eigenvalue weighted by Crippen LogP contribution is -2.27. The Morgan fingerprint density at radius 1 is 1.20 bits per heavy atom. The number of fused-ring (bicyclic) bond motifs is 1. The standard InChI is InChI=1S/C16H18N2O2/c1-17(12-5-7-13(19)8-6-12)16(20)14-9-11-18-10-3-2-4-15(14)18/h5-9,11,19H,2-4,10H2,1H3. The van der Waals surface area contributed by atoms with Crippen LogP contribution in [-0.2, 0) is 13.0 Å². The summed E-state index contributed by atoms with van der Waals surface area (Å²) in [4.78, 5) is 14.2. The molecule has 0 saturated heterocycles. The van der Waals surface area contributed by atoms with E-state index in [0.717, 1.165) is 36.3 Å². The number of nitrogens with zero attached hydrogens (tertiary/aromatic N) is 2. The Balaban J connectivity index is 1.88. The molecule has 1 aromatic carbocycles. The van der Waals surface area contributed by atoms with E-state index in [9.17, 15) is 9.90 Å². The van der Waals surface area contributed by atoms with Crippen LogP contribution in [0.1, 0.15) is 28.9 Å². The summed E-state index contributed by atoms with van der Waals surface area (Å²) in [5.74, 6) is 0.210. The minimum atomic E-state index is 0.00587. The highest BCUT2D eigenvalue weighted by Gasteiger charge is 2.21. The maximum atomic E-state index is 12.6. The molecule has 1 amide bonds. The van der Waals surface area contributed by atoms with Gasteiger partial charge in [0.2, 0.25) is 0 Å². The summed E-state index contributed by atoms with van der Waals surface area (Å²) in [5, 5.41) is 9.31. The Bertz CT molecular complexity index is 628. The molecule has 2 heterocycles. The number of aromatic nitrogens is 1. The van der Waals surface area contributed by atoms with Crippen molar-refractivity contribution in [1.82, 2.24) is 4.57 Å². The van der Waals surface area contributed by atoms with Gasteiger partial charge in [0.15, 0.2) is 0 Å². The number of phenols is 1. The largest absolute Gasteiger partial charge is 0.508 e. The molecule has 0 fully saturated rings. The Hall–Kier alpha value is -2.23. The number of phenolic OH excluding ortho intramolecular Hbond substituents is 1. The minimum Gasteiger partial charge on any atom is -0.508 e. The minimum absolute atomic E-state index is 0.00587. The van der Waals surface area contributed by atoms with Crippen LogP contribution >= 0.6 is 0 Å². The molecule has 1 aromatic heterocycles. The van der Waals surface area contributed by atoms with Gasteiger partial charge in [-0.15, -0.1) is 0 Å². The van der Waals surface area contributed by atoms with Crippen LogP contribution in [-0.4, -0.2) is 22.6 Å². The molecule has 0 atom stereocenters. The molecule has 0 aliphatic carbocycles. The summed E-state index contributed by atoms with van der Waals surface area (Å²) in [6.07, 6.45) is 5.31. The molecular weight excluding hydrogens is 252 g/mol. The van der Waals surface area contributed by atoms with E-state index in [1.807, 2.05) is 12.3 Å². The summed E-state index contributed by atoms with van der Waals surface area (Å²) in [6.45, 7) is 1.01. The molecule has 2 aromatic rings. The average Bonchev–Trinajstić information content (AvgIpc) is 2.90. The lowest BCUT2D eigenvalue weighted by Gasteiger charge is -2.20. The summed E-state index contributed by atoms with van der Waals surface area (Å²) >= 11 is 0. The fourth-order valence-corrected chi connectivity index (χ4v) is 2.74. The van der Waals surface area contributed by atoms with Gasteiger partial charge in [0, 0.05) is 31.2 Å². The van der Waals surface area contributed by atoms with Crippen molar-refractivity contribution in [3.63, 3.8) is 0 Å².